The third kappa shape index (κ3) is 2.62. The first-order valence-corrected chi connectivity index (χ1v) is 9.33. The molecule has 0 spiro atoms. The fourth-order valence-electron chi connectivity index (χ4n) is 5.22. The van der Waals surface area contributed by atoms with Gasteiger partial charge in [0.05, 0.1) is 11.6 Å². The van der Waals surface area contributed by atoms with E-state index in [1.54, 1.807) is 19.2 Å². The van der Waals surface area contributed by atoms with Crippen LogP contribution in [0.15, 0.2) is 30.5 Å². The van der Waals surface area contributed by atoms with Gasteiger partial charge in [-0.15, -0.1) is 0 Å². The Labute approximate surface area is 146 Å². The number of rotatable bonds is 5. The number of ether oxygens (including phenoxy) is 1. The summed E-state index contributed by atoms with van der Waals surface area (Å²) in [6.45, 7) is 1.77. The minimum absolute atomic E-state index is 0.173. The average Bonchev–Trinajstić information content (AvgIpc) is 3.48. The number of carbonyl (C=O) groups is 1. The Balaban J connectivity index is 1.29. The molecule has 25 heavy (non-hydrogen) atoms. The van der Waals surface area contributed by atoms with Crippen molar-refractivity contribution in [2.24, 2.45) is 29.6 Å². The molecule has 3 aliphatic carbocycles. The summed E-state index contributed by atoms with van der Waals surface area (Å²) in [6, 6.07) is 6.43. The van der Waals surface area contributed by atoms with Gasteiger partial charge in [0.2, 0.25) is 0 Å². The number of benzene rings is 1. The highest BCUT2D eigenvalue weighted by Gasteiger charge is 2.62. The van der Waals surface area contributed by atoms with Crippen LogP contribution in [0.25, 0.3) is 10.9 Å². The third-order valence-electron chi connectivity index (χ3n) is 6.44. The monoisotopic (exact) mass is 339 g/mol. The molecule has 3 fully saturated rings. The van der Waals surface area contributed by atoms with Gasteiger partial charge in [-0.1, -0.05) is 0 Å². The van der Waals surface area contributed by atoms with E-state index in [0.29, 0.717) is 35.4 Å². The summed E-state index contributed by atoms with van der Waals surface area (Å²) in [6.07, 6.45) is 6.39. The van der Waals surface area contributed by atoms with Crippen molar-refractivity contribution in [1.29, 1.82) is 0 Å². The first kappa shape index (κ1) is 15.3. The van der Waals surface area contributed by atoms with Crippen LogP contribution in [0, 0.1) is 35.4 Å². The quantitative estimate of drug-likeness (QED) is 0.811. The summed E-state index contributed by atoms with van der Waals surface area (Å²) in [7, 11) is 0. The molecule has 0 saturated heterocycles. The van der Waals surface area contributed by atoms with Gasteiger partial charge in [-0.25, -0.2) is 4.39 Å². The average molecular weight is 339 g/mol. The van der Waals surface area contributed by atoms with Gasteiger partial charge in [0.1, 0.15) is 17.3 Å². The Kier molecular flexibility index (Phi) is 3.37. The Hall–Kier alpha value is -1.97. The van der Waals surface area contributed by atoms with Gasteiger partial charge in [-0.3, -0.25) is 9.78 Å². The molecule has 5 rings (SSSR count). The van der Waals surface area contributed by atoms with Crippen LogP contribution >= 0.6 is 0 Å². The van der Waals surface area contributed by atoms with Crippen LogP contribution in [0.1, 0.15) is 32.6 Å². The largest absolute Gasteiger partial charge is 0.490 e. The number of ketones is 1. The third-order valence-corrected chi connectivity index (χ3v) is 6.44. The van der Waals surface area contributed by atoms with Crippen molar-refractivity contribution in [3.63, 3.8) is 0 Å². The van der Waals surface area contributed by atoms with Gasteiger partial charge in [-0.2, -0.15) is 0 Å². The predicted molar refractivity (Wildman–Crippen MR) is 92.7 cm³/mol. The Bertz CT molecular complexity index is 835. The second-order valence-corrected chi connectivity index (χ2v) is 8.06. The summed E-state index contributed by atoms with van der Waals surface area (Å²) >= 11 is 0. The lowest BCUT2D eigenvalue weighted by molar-refractivity contribution is -0.122. The van der Waals surface area contributed by atoms with Crippen LogP contribution < -0.4 is 4.74 Å². The lowest BCUT2D eigenvalue weighted by atomic mass is 9.89. The van der Waals surface area contributed by atoms with Crippen molar-refractivity contribution in [2.75, 3.05) is 0 Å². The van der Waals surface area contributed by atoms with Crippen molar-refractivity contribution >= 4 is 16.7 Å². The van der Waals surface area contributed by atoms with E-state index >= 15 is 0 Å². The van der Waals surface area contributed by atoms with Crippen molar-refractivity contribution in [1.82, 2.24) is 4.98 Å². The molecule has 4 heteroatoms. The lowest BCUT2D eigenvalue weighted by Crippen LogP contribution is -2.22. The lowest BCUT2D eigenvalue weighted by Gasteiger charge is -2.21. The van der Waals surface area contributed by atoms with Gasteiger partial charge < -0.3 is 4.74 Å². The fourth-order valence-corrected chi connectivity index (χ4v) is 5.22. The molecule has 3 aliphatic rings. The van der Waals surface area contributed by atoms with E-state index in [-0.39, 0.29) is 11.9 Å². The predicted octanol–water partition coefficient (Wildman–Crippen LogP) is 4.39. The van der Waals surface area contributed by atoms with Crippen LogP contribution in [0.3, 0.4) is 0 Å². The van der Waals surface area contributed by atoms with Crippen molar-refractivity contribution < 1.29 is 13.9 Å². The van der Waals surface area contributed by atoms with E-state index in [1.807, 2.05) is 6.07 Å². The molecule has 2 aromatic rings. The summed E-state index contributed by atoms with van der Waals surface area (Å²) in [5, 5.41) is 0.735. The molecule has 0 amide bonds. The number of aromatic nitrogens is 1. The van der Waals surface area contributed by atoms with E-state index in [1.165, 1.54) is 25.0 Å². The van der Waals surface area contributed by atoms with E-state index in [2.05, 4.69) is 4.98 Å². The highest BCUT2D eigenvalue weighted by atomic mass is 19.1. The van der Waals surface area contributed by atoms with Gasteiger partial charge in [0, 0.05) is 17.5 Å². The zero-order valence-electron chi connectivity index (χ0n) is 14.3. The maximum atomic E-state index is 13.6. The van der Waals surface area contributed by atoms with Crippen LogP contribution in [0.4, 0.5) is 4.39 Å². The van der Waals surface area contributed by atoms with E-state index in [0.717, 1.165) is 29.5 Å². The highest BCUT2D eigenvalue weighted by Crippen LogP contribution is 2.64. The van der Waals surface area contributed by atoms with Crippen LogP contribution in [0.2, 0.25) is 0 Å². The summed E-state index contributed by atoms with van der Waals surface area (Å²) in [5.74, 6) is 3.66. The first-order chi connectivity index (χ1) is 12.1. The number of nitrogens with zero attached hydrogens (tertiary/aromatic N) is 1. The van der Waals surface area contributed by atoms with Gasteiger partial charge in [-0.05, 0) is 80.5 Å². The number of hydrogen-bond donors (Lipinski definition) is 0. The van der Waals surface area contributed by atoms with E-state index in [4.69, 9.17) is 4.74 Å². The zero-order valence-corrected chi connectivity index (χ0v) is 14.3. The Morgan fingerprint density at radius 1 is 1.24 bits per heavy atom. The molecule has 0 N–H and O–H groups in total. The SMILES string of the molecule is CC(=O)C(C1CC1)C1[C@H]2CC(Oc3ccnc4ccc(F)cc34)C[C@@H]12. The maximum Gasteiger partial charge on any atom is 0.133 e. The molecule has 1 heterocycles. The minimum atomic E-state index is -0.270. The molecular weight excluding hydrogens is 317 g/mol. The molecule has 0 aliphatic heterocycles. The molecule has 0 bridgehead atoms. The Morgan fingerprint density at radius 3 is 2.68 bits per heavy atom. The van der Waals surface area contributed by atoms with Crippen LogP contribution in [0.5, 0.6) is 5.75 Å². The number of fused-ring (bicyclic) bond motifs is 2. The standard InChI is InChI=1S/C21H22FNO2/c1-11(24)20(12-2-3-12)21-15-9-14(10-16(15)21)25-19-6-7-23-18-5-4-13(22)8-17(18)19/h4-8,12,14-16,20-21H,2-3,9-10H2,1H3/t14?,15-,16+,20?,21?. The summed E-state index contributed by atoms with van der Waals surface area (Å²) in [4.78, 5) is 16.3. The van der Waals surface area contributed by atoms with Gasteiger partial charge in [0.25, 0.3) is 0 Å². The number of halogens is 1. The van der Waals surface area contributed by atoms with Crippen LogP contribution in [-0.4, -0.2) is 16.9 Å². The molecule has 1 aromatic heterocycles. The van der Waals surface area contributed by atoms with Crippen molar-refractivity contribution in [3.8, 4) is 5.75 Å². The summed E-state index contributed by atoms with van der Waals surface area (Å²) < 4.78 is 19.8. The van der Waals surface area contributed by atoms with Crippen LogP contribution in [-0.2, 0) is 4.79 Å². The van der Waals surface area contributed by atoms with Crippen molar-refractivity contribution in [2.45, 2.75) is 38.7 Å². The zero-order chi connectivity index (χ0) is 17.1. The molecule has 3 unspecified atom stereocenters. The molecule has 130 valence electrons. The van der Waals surface area contributed by atoms with E-state index < -0.39 is 0 Å². The second-order valence-electron chi connectivity index (χ2n) is 8.06. The number of hydrogen-bond acceptors (Lipinski definition) is 3. The second kappa shape index (κ2) is 5.52. The maximum absolute atomic E-state index is 13.6. The molecule has 3 nitrogen and oxygen atoms in total. The smallest absolute Gasteiger partial charge is 0.133 e. The Morgan fingerprint density at radius 2 is 2.00 bits per heavy atom. The molecule has 0 radical (unpaired) electrons. The fraction of sp³-hybridized carbons (Fsp3) is 0.524. The summed E-state index contributed by atoms with van der Waals surface area (Å²) in [5.41, 5.74) is 0.755. The number of Topliss-reactive ketones (excluding diaryl/α,β-unsaturated/α-hetero) is 1. The number of carbonyl (C=O) groups excluding carboxylic acids is 1. The molecule has 3 saturated carbocycles. The molecular formula is C21H22FNO2. The van der Waals surface area contributed by atoms with E-state index in [9.17, 15) is 9.18 Å². The van der Waals surface area contributed by atoms with Crippen molar-refractivity contribution in [3.05, 3.63) is 36.3 Å². The van der Waals surface area contributed by atoms with Gasteiger partial charge >= 0.3 is 0 Å². The topological polar surface area (TPSA) is 39.2 Å². The number of pyridine rings is 1. The molecule has 1 aromatic carbocycles. The highest BCUT2D eigenvalue weighted by molar-refractivity contribution is 5.84. The minimum Gasteiger partial charge on any atom is -0.490 e. The first-order valence-electron chi connectivity index (χ1n) is 9.33. The normalized spacial score (nSPS) is 31.6. The van der Waals surface area contributed by atoms with Gasteiger partial charge in [0.15, 0.2) is 0 Å². The molecule has 5 atom stereocenters.